The van der Waals surface area contributed by atoms with Gasteiger partial charge in [0, 0.05) is 19.0 Å². The van der Waals surface area contributed by atoms with Crippen molar-refractivity contribution in [3.05, 3.63) is 0 Å². The minimum atomic E-state index is 0.251. The van der Waals surface area contributed by atoms with E-state index in [1.54, 1.807) is 0 Å². The summed E-state index contributed by atoms with van der Waals surface area (Å²) < 4.78 is 0. The van der Waals surface area contributed by atoms with Gasteiger partial charge in [-0.2, -0.15) is 0 Å². The van der Waals surface area contributed by atoms with Gasteiger partial charge >= 0.3 is 0 Å². The van der Waals surface area contributed by atoms with E-state index in [0.717, 1.165) is 32.4 Å². The van der Waals surface area contributed by atoms with Gasteiger partial charge < -0.3 is 10.2 Å². The maximum Gasteiger partial charge on any atom is 0.220 e. The van der Waals surface area contributed by atoms with Gasteiger partial charge in [0.25, 0.3) is 0 Å². The van der Waals surface area contributed by atoms with E-state index in [0.29, 0.717) is 12.0 Å². The van der Waals surface area contributed by atoms with Crippen LogP contribution in [0.5, 0.6) is 0 Å². The molecule has 3 heteroatoms. The number of carbonyl (C=O) groups excluding carboxylic acids is 1. The zero-order valence-electron chi connectivity index (χ0n) is 7.55. The summed E-state index contributed by atoms with van der Waals surface area (Å²) in [7, 11) is 2.16. The molecule has 0 spiro atoms. The molecule has 1 N–H and O–H groups in total. The normalized spacial score (nSPS) is 37.2. The molecule has 2 aliphatic rings. The average Bonchev–Trinajstić information content (AvgIpc) is 2.05. The topological polar surface area (TPSA) is 32.3 Å². The lowest BCUT2D eigenvalue weighted by Gasteiger charge is -2.39. The van der Waals surface area contributed by atoms with Crippen molar-refractivity contribution in [2.24, 2.45) is 5.92 Å². The Labute approximate surface area is 73.1 Å². The van der Waals surface area contributed by atoms with Crippen LogP contribution in [0, 0.1) is 5.92 Å². The number of fused-ring (bicyclic) bond motifs is 1. The highest BCUT2D eigenvalue weighted by atomic mass is 16.1. The van der Waals surface area contributed by atoms with E-state index in [9.17, 15) is 4.79 Å². The first-order valence-corrected chi connectivity index (χ1v) is 4.73. The molecule has 2 rings (SSSR count). The van der Waals surface area contributed by atoms with Crippen LogP contribution in [0.1, 0.15) is 19.3 Å². The minimum Gasteiger partial charge on any atom is -0.353 e. The third kappa shape index (κ3) is 1.46. The number of likely N-dealkylation sites (tertiary alicyclic amines) is 1. The van der Waals surface area contributed by atoms with Crippen LogP contribution in [0.3, 0.4) is 0 Å². The smallest absolute Gasteiger partial charge is 0.220 e. The Balaban J connectivity index is 1.98. The number of hydrogen-bond donors (Lipinski definition) is 1. The summed E-state index contributed by atoms with van der Waals surface area (Å²) in [6.45, 7) is 2.28. The van der Waals surface area contributed by atoms with E-state index >= 15 is 0 Å². The second-order valence-electron chi connectivity index (χ2n) is 4.02. The number of hydrogen-bond acceptors (Lipinski definition) is 2. The molecule has 0 bridgehead atoms. The summed E-state index contributed by atoms with van der Waals surface area (Å²) in [6, 6.07) is 0.474. The lowest BCUT2D eigenvalue weighted by molar-refractivity contribution is -0.125. The van der Waals surface area contributed by atoms with Crippen molar-refractivity contribution in [1.82, 2.24) is 10.2 Å². The fourth-order valence-corrected chi connectivity index (χ4v) is 2.29. The van der Waals surface area contributed by atoms with Crippen LogP contribution in [-0.4, -0.2) is 37.0 Å². The number of carbonyl (C=O) groups is 1. The highest BCUT2D eigenvalue weighted by Gasteiger charge is 2.32. The van der Waals surface area contributed by atoms with Crippen molar-refractivity contribution in [1.29, 1.82) is 0 Å². The Hall–Kier alpha value is -0.570. The van der Waals surface area contributed by atoms with Crippen LogP contribution in [0.15, 0.2) is 0 Å². The molecule has 2 saturated heterocycles. The summed E-state index contributed by atoms with van der Waals surface area (Å²) >= 11 is 0. The summed E-state index contributed by atoms with van der Waals surface area (Å²) in [5, 5.41) is 3.07. The van der Waals surface area contributed by atoms with Gasteiger partial charge in [-0.05, 0) is 32.4 Å². The third-order valence-electron chi connectivity index (χ3n) is 3.03. The predicted molar refractivity (Wildman–Crippen MR) is 46.8 cm³/mol. The van der Waals surface area contributed by atoms with Gasteiger partial charge in [-0.1, -0.05) is 0 Å². The van der Waals surface area contributed by atoms with E-state index in [1.165, 1.54) is 0 Å². The quantitative estimate of drug-likeness (QED) is 0.561. The molecule has 0 aromatic carbocycles. The Morgan fingerprint density at radius 1 is 1.50 bits per heavy atom. The first-order chi connectivity index (χ1) is 5.75. The Morgan fingerprint density at radius 3 is 3.17 bits per heavy atom. The van der Waals surface area contributed by atoms with Gasteiger partial charge in [0.2, 0.25) is 5.91 Å². The highest BCUT2D eigenvalue weighted by molar-refractivity contribution is 5.77. The van der Waals surface area contributed by atoms with Crippen LogP contribution >= 0.6 is 0 Å². The SMILES string of the molecule is CN1CCC2NC(=O)CCC2C1. The minimum absolute atomic E-state index is 0.251. The van der Waals surface area contributed by atoms with Gasteiger partial charge in [-0.25, -0.2) is 0 Å². The predicted octanol–water partition coefficient (Wildman–Crippen LogP) is 0.217. The monoisotopic (exact) mass is 168 g/mol. The van der Waals surface area contributed by atoms with Crippen LogP contribution < -0.4 is 5.32 Å². The van der Waals surface area contributed by atoms with Crippen LogP contribution in [0.4, 0.5) is 0 Å². The van der Waals surface area contributed by atoms with Crippen molar-refractivity contribution in [2.75, 3.05) is 20.1 Å². The Kier molecular flexibility index (Phi) is 2.05. The van der Waals surface area contributed by atoms with Gasteiger partial charge in [-0.3, -0.25) is 4.79 Å². The van der Waals surface area contributed by atoms with E-state index in [2.05, 4.69) is 17.3 Å². The molecule has 2 unspecified atom stereocenters. The molecule has 12 heavy (non-hydrogen) atoms. The molecule has 0 saturated carbocycles. The Morgan fingerprint density at radius 2 is 2.33 bits per heavy atom. The fourth-order valence-electron chi connectivity index (χ4n) is 2.29. The summed E-state index contributed by atoms with van der Waals surface area (Å²) in [6.07, 6.45) is 2.95. The zero-order chi connectivity index (χ0) is 8.55. The molecule has 0 radical (unpaired) electrons. The van der Waals surface area contributed by atoms with Gasteiger partial charge in [0.1, 0.15) is 0 Å². The third-order valence-corrected chi connectivity index (χ3v) is 3.03. The number of nitrogens with one attached hydrogen (secondary N) is 1. The Bertz CT molecular complexity index is 193. The van der Waals surface area contributed by atoms with Crippen molar-refractivity contribution in [3.8, 4) is 0 Å². The van der Waals surface area contributed by atoms with E-state index in [1.807, 2.05) is 0 Å². The van der Waals surface area contributed by atoms with Crippen molar-refractivity contribution in [3.63, 3.8) is 0 Å². The number of rotatable bonds is 0. The van der Waals surface area contributed by atoms with E-state index in [4.69, 9.17) is 0 Å². The zero-order valence-corrected chi connectivity index (χ0v) is 7.55. The van der Waals surface area contributed by atoms with E-state index < -0.39 is 0 Å². The average molecular weight is 168 g/mol. The van der Waals surface area contributed by atoms with Crippen molar-refractivity contribution in [2.45, 2.75) is 25.3 Å². The number of piperidine rings is 2. The van der Waals surface area contributed by atoms with Gasteiger partial charge in [0.05, 0.1) is 0 Å². The van der Waals surface area contributed by atoms with E-state index in [-0.39, 0.29) is 5.91 Å². The molecule has 0 aromatic rings. The van der Waals surface area contributed by atoms with Crippen LogP contribution in [0.25, 0.3) is 0 Å². The molecular formula is C9H16N2O. The lowest BCUT2D eigenvalue weighted by Crippen LogP contribution is -2.53. The maximum atomic E-state index is 11.1. The standard InChI is InChI=1S/C9H16N2O/c1-11-5-4-8-7(6-11)2-3-9(12)10-8/h7-8H,2-6H2,1H3,(H,10,12). The summed E-state index contributed by atoms with van der Waals surface area (Å²) in [5.41, 5.74) is 0. The maximum absolute atomic E-state index is 11.1. The first kappa shape index (κ1) is 8.05. The van der Waals surface area contributed by atoms with Gasteiger partial charge in [-0.15, -0.1) is 0 Å². The molecule has 2 fully saturated rings. The van der Waals surface area contributed by atoms with Crippen LogP contribution in [-0.2, 0) is 4.79 Å². The van der Waals surface area contributed by atoms with Gasteiger partial charge in [0.15, 0.2) is 0 Å². The largest absolute Gasteiger partial charge is 0.353 e. The molecule has 68 valence electrons. The molecule has 0 aromatic heterocycles. The molecule has 1 amide bonds. The number of nitrogens with zero attached hydrogens (tertiary/aromatic N) is 1. The second-order valence-corrected chi connectivity index (χ2v) is 4.02. The summed E-state index contributed by atoms with van der Waals surface area (Å²) in [4.78, 5) is 13.4. The second kappa shape index (κ2) is 3.05. The fraction of sp³-hybridized carbons (Fsp3) is 0.889. The molecule has 2 aliphatic heterocycles. The molecule has 2 heterocycles. The highest BCUT2D eigenvalue weighted by Crippen LogP contribution is 2.24. The number of amides is 1. The first-order valence-electron chi connectivity index (χ1n) is 4.73. The van der Waals surface area contributed by atoms with Crippen molar-refractivity contribution >= 4 is 5.91 Å². The van der Waals surface area contributed by atoms with Crippen molar-refractivity contribution < 1.29 is 4.79 Å². The molecule has 0 aliphatic carbocycles. The van der Waals surface area contributed by atoms with Crippen LogP contribution in [0.2, 0.25) is 0 Å². The molecule has 2 atom stereocenters. The summed E-state index contributed by atoms with van der Waals surface area (Å²) in [5.74, 6) is 0.960. The lowest BCUT2D eigenvalue weighted by atomic mass is 9.85. The molecular weight excluding hydrogens is 152 g/mol. The molecule has 3 nitrogen and oxygen atoms in total.